The average Bonchev–Trinajstić information content (AvgIpc) is 3.24. The highest BCUT2D eigenvalue weighted by Crippen LogP contribution is 2.32. The Bertz CT molecular complexity index is 1040. The van der Waals surface area contributed by atoms with Crippen molar-refractivity contribution in [2.45, 2.75) is 45.4 Å². The molecule has 0 aliphatic carbocycles. The Kier molecular flexibility index (Phi) is 7.23. The number of nitrogens with zero attached hydrogens (tertiary/aromatic N) is 1. The number of carbonyl (C=O) groups is 1. The van der Waals surface area contributed by atoms with Gasteiger partial charge in [-0.2, -0.15) is 4.31 Å². The Hall–Kier alpha value is -2.58. The van der Waals surface area contributed by atoms with Crippen LogP contribution in [0.25, 0.3) is 0 Å². The summed E-state index contributed by atoms with van der Waals surface area (Å²) in [5, 5.41) is 2.73. The van der Waals surface area contributed by atoms with Gasteiger partial charge in [0.2, 0.25) is 10.0 Å². The molecule has 2 aromatic rings. The topological polar surface area (TPSA) is 84.9 Å². The fourth-order valence-electron chi connectivity index (χ4n) is 3.86. The van der Waals surface area contributed by atoms with Gasteiger partial charge in [0.25, 0.3) is 5.91 Å². The molecule has 1 heterocycles. The molecule has 0 saturated carbocycles. The quantitative estimate of drug-likeness (QED) is 0.666. The summed E-state index contributed by atoms with van der Waals surface area (Å²) < 4.78 is 38.9. The second kappa shape index (κ2) is 9.70. The predicted octanol–water partition coefficient (Wildman–Crippen LogP) is 3.81. The number of amides is 1. The van der Waals surface area contributed by atoms with Gasteiger partial charge in [-0.25, -0.2) is 8.42 Å². The Morgan fingerprint density at radius 3 is 2.29 bits per heavy atom. The molecular formula is C23H30N2O5S. The van der Waals surface area contributed by atoms with Crippen molar-refractivity contribution < 1.29 is 22.7 Å². The number of rotatable bonds is 8. The van der Waals surface area contributed by atoms with Crippen molar-refractivity contribution in [3.8, 4) is 11.5 Å². The molecule has 0 spiro atoms. The van der Waals surface area contributed by atoms with E-state index in [-0.39, 0.29) is 23.2 Å². The van der Waals surface area contributed by atoms with E-state index in [4.69, 9.17) is 9.47 Å². The van der Waals surface area contributed by atoms with Crippen LogP contribution in [0.15, 0.2) is 35.2 Å². The normalized spacial score (nSPS) is 14.5. The zero-order valence-electron chi connectivity index (χ0n) is 18.5. The lowest BCUT2D eigenvalue weighted by atomic mass is 10.1. The lowest BCUT2D eigenvalue weighted by Crippen LogP contribution is -2.28. The molecule has 1 amide bonds. The van der Waals surface area contributed by atoms with Gasteiger partial charge in [-0.15, -0.1) is 0 Å². The first-order chi connectivity index (χ1) is 14.7. The average molecular weight is 447 g/mol. The van der Waals surface area contributed by atoms with Crippen LogP contribution in [-0.4, -0.2) is 44.9 Å². The molecule has 1 aliphatic heterocycles. The van der Waals surface area contributed by atoms with Crippen molar-refractivity contribution in [3.63, 3.8) is 0 Å². The van der Waals surface area contributed by atoms with E-state index in [0.29, 0.717) is 31.1 Å². The number of nitrogens with one attached hydrogen (secondary N) is 1. The van der Waals surface area contributed by atoms with E-state index in [0.717, 1.165) is 29.5 Å². The molecule has 3 rings (SSSR count). The lowest BCUT2D eigenvalue weighted by molar-refractivity contribution is -0.118. The summed E-state index contributed by atoms with van der Waals surface area (Å²) in [5.74, 6) is 0.604. The number of hydrogen-bond donors (Lipinski definition) is 1. The molecule has 0 aromatic heterocycles. The van der Waals surface area contributed by atoms with E-state index in [1.807, 2.05) is 32.9 Å². The molecule has 1 aliphatic rings. The summed E-state index contributed by atoms with van der Waals surface area (Å²) in [5.41, 5.74) is 3.44. The number of sulfonamides is 1. The third kappa shape index (κ3) is 5.37. The second-order valence-corrected chi connectivity index (χ2v) is 9.68. The fraction of sp³-hybridized carbons (Fsp3) is 0.435. The van der Waals surface area contributed by atoms with E-state index < -0.39 is 10.0 Å². The van der Waals surface area contributed by atoms with Crippen LogP contribution < -0.4 is 14.8 Å². The Morgan fingerprint density at radius 1 is 1.03 bits per heavy atom. The first kappa shape index (κ1) is 23.1. The molecule has 1 fully saturated rings. The summed E-state index contributed by atoms with van der Waals surface area (Å²) in [7, 11) is -3.69. The van der Waals surface area contributed by atoms with Gasteiger partial charge in [0, 0.05) is 18.8 Å². The highest BCUT2D eigenvalue weighted by atomic mass is 32.2. The van der Waals surface area contributed by atoms with Crippen molar-refractivity contribution in [2.75, 3.05) is 31.6 Å². The maximum Gasteiger partial charge on any atom is 0.262 e. The number of ether oxygens (including phenoxy) is 2. The summed E-state index contributed by atoms with van der Waals surface area (Å²) in [6.45, 7) is 8.85. The number of carbonyl (C=O) groups excluding carboxylic acids is 1. The Labute approximate surface area is 184 Å². The van der Waals surface area contributed by atoms with Crippen LogP contribution in [0.3, 0.4) is 0 Å². The molecule has 1 N–H and O–H groups in total. The molecule has 7 nitrogen and oxygen atoms in total. The Morgan fingerprint density at radius 2 is 1.68 bits per heavy atom. The number of hydrogen-bond acceptors (Lipinski definition) is 5. The van der Waals surface area contributed by atoms with Crippen LogP contribution in [-0.2, 0) is 14.8 Å². The standard InChI is InChI=1S/C23H30N2O5S/c1-5-29-20-9-8-19(14-21(20)31(27,28)25-10-6-7-11-25)24-22(26)15-30-23-17(3)12-16(2)13-18(23)4/h8-9,12-14H,5-7,10-11,15H2,1-4H3,(H,24,26). The minimum atomic E-state index is -3.69. The van der Waals surface area contributed by atoms with Crippen LogP contribution in [0.1, 0.15) is 36.5 Å². The molecule has 0 unspecified atom stereocenters. The van der Waals surface area contributed by atoms with Crippen molar-refractivity contribution in [3.05, 3.63) is 47.0 Å². The summed E-state index contributed by atoms with van der Waals surface area (Å²) in [6, 6.07) is 8.68. The van der Waals surface area contributed by atoms with Gasteiger partial charge in [-0.3, -0.25) is 4.79 Å². The van der Waals surface area contributed by atoms with Crippen molar-refractivity contribution in [1.29, 1.82) is 0 Å². The van der Waals surface area contributed by atoms with Crippen molar-refractivity contribution in [1.82, 2.24) is 4.31 Å². The van der Waals surface area contributed by atoms with Crippen molar-refractivity contribution >= 4 is 21.6 Å². The van der Waals surface area contributed by atoms with E-state index in [1.165, 1.54) is 10.4 Å². The molecule has 2 aromatic carbocycles. The first-order valence-corrected chi connectivity index (χ1v) is 11.9. The molecule has 0 bridgehead atoms. The van der Waals surface area contributed by atoms with Crippen molar-refractivity contribution in [2.24, 2.45) is 0 Å². The minimum Gasteiger partial charge on any atom is -0.492 e. The number of anilines is 1. The van der Waals surface area contributed by atoms with Gasteiger partial charge in [0.05, 0.1) is 6.61 Å². The minimum absolute atomic E-state index is 0.0696. The van der Waals surface area contributed by atoms with Crippen LogP contribution in [0, 0.1) is 20.8 Å². The maximum absolute atomic E-state index is 13.1. The summed E-state index contributed by atoms with van der Waals surface area (Å²) in [6.07, 6.45) is 1.68. The zero-order chi connectivity index (χ0) is 22.6. The third-order valence-electron chi connectivity index (χ3n) is 5.16. The van der Waals surface area contributed by atoms with E-state index in [1.54, 1.807) is 19.1 Å². The predicted molar refractivity (Wildman–Crippen MR) is 120 cm³/mol. The van der Waals surface area contributed by atoms with E-state index in [9.17, 15) is 13.2 Å². The van der Waals surface area contributed by atoms with Gasteiger partial charge >= 0.3 is 0 Å². The maximum atomic E-state index is 13.1. The largest absolute Gasteiger partial charge is 0.492 e. The summed E-state index contributed by atoms with van der Waals surface area (Å²) >= 11 is 0. The van der Waals surface area contributed by atoms with Gasteiger partial charge in [-0.05, 0) is 69.9 Å². The first-order valence-electron chi connectivity index (χ1n) is 10.5. The van der Waals surface area contributed by atoms with Crippen LogP contribution >= 0.6 is 0 Å². The molecule has 0 atom stereocenters. The van der Waals surface area contributed by atoms with Gasteiger partial charge in [0.1, 0.15) is 16.4 Å². The van der Waals surface area contributed by atoms with Crippen LogP contribution in [0.5, 0.6) is 11.5 Å². The SMILES string of the molecule is CCOc1ccc(NC(=O)COc2c(C)cc(C)cc2C)cc1S(=O)(=O)N1CCCC1. The zero-order valence-corrected chi connectivity index (χ0v) is 19.3. The molecule has 1 saturated heterocycles. The molecule has 31 heavy (non-hydrogen) atoms. The monoisotopic (exact) mass is 446 g/mol. The second-order valence-electron chi connectivity index (χ2n) is 7.77. The number of benzene rings is 2. The van der Waals surface area contributed by atoms with Gasteiger partial charge in [-0.1, -0.05) is 17.7 Å². The molecule has 168 valence electrons. The smallest absolute Gasteiger partial charge is 0.262 e. The van der Waals surface area contributed by atoms with Crippen LogP contribution in [0.4, 0.5) is 5.69 Å². The number of aryl methyl sites for hydroxylation is 3. The highest BCUT2D eigenvalue weighted by Gasteiger charge is 2.30. The Balaban J connectivity index is 1.76. The molecule has 8 heteroatoms. The van der Waals surface area contributed by atoms with Crippen LogP contribution in [0.2, 0.25) is 0 Å². The molecular weight excluding hydrogens is 416 g/mol. The lowest BCUT2D eigenvalue weighted by Gasteiger charge is -2.19. The summed E-state index contributed by atoms with van der Waals surface area (Å²) in [4.78, 5) is 12.5. The van der Waals surface area contributed by atoms with Gasteiger partial charge in [0.15, 0.2) is 6.61 Å². The van der Waals surface area contributed by atoms with Gasteiger partial charge < -0.3 is 14.8 Å². The van der Waals surface area contributed by atoms with E-state index >= 15 is 0 Å². The molecule has 0 radical (unpaired) electrons. The van der Waals surface area contributed by atoms with E-state index in [2.05, 4.69) is 5.32 Å². The fourth-order valence-corrected chi connectivity index (χ4v) is 5.53. The third-order valence-corrected chi connectivity index (χ3v) is 7.08. The highest BCUT2D eigenvalue weighted by molar-refractivity contribution is 7.89.